The van der Waals surface area contributed by atoms with Gasteiger partial charge in [-0.2, -0.15) is 0 Å². The summed E-state index contributed by atoms with van der Waals surface area (Å²) < 4.78 is 0. The van der Waals surface area contributed by atoms with Crippen LogP contribution in [0.15, 0.2) is 48.5 Å². The highest BCUT2D eigenvalue weighted by Crippen LogP contribution is 2.21. The Balaban J connectivity index is 2.18. The Bertz CT molecular complexity index is 549. The molecule has 0 heterocycles. The molecule has 0 fully saturated rings. The van der Waals surface area contributed by atoms with Crippen LogP contribution in [0.25, 0.3) is 0 Å². The summed E-state index contributed by atoms with van der Waals surface area (Å²) in [5, 5.41) is 0. The largest absolute Gasteiger partial charge is 0.299 e. The van der Waals surface area contributed by atoms with Crippen LogP contribution in [0, 0.1) is 13.8 Å². The molecule has 0 aliphatic rings. The average Bonchev–Trinajstić information content (AvgIpc) is 2.43. The predicted octanol–water partition coefficient (Wildman–Crippen LogP) is 4.22. The maximum absolute atomic E-state index is 12.4. The number of carbonyl (C=O) groups is 1. The van der Waals surface area contributed by atoms with E-state index in [1.165, 1.54) is 16.7 Å². The molecule has 1 heteroatoms. The smallest absolute Gasteiger partial charge is 0.144 e. The third kappa shape index (κ3) is 3.11. The lowest BCUT2D eigenvalue weighted by Crippen LogP contribution is -2.13. The van der Waals surface area contributed by atoms with E-state index in [1.807, 2.05) is 43.3 Å². The molecule has 2 aromatic carbocycles. The molecular formula is C18H20O. The molecule has 98 valence electrons. The summed E-state index contributed by atoms with van der Waals surface area (Å²) in [6.45, 7) is 6.14. The highest BCUT2D eigenvalue weighted by Gasteiger charge is 2.16. The van der Waals surface area contributed by atoms with E-state index in [2.05, 4.69) is 26.0 Å². The van der Waals surface area contributed by atoms with E-state index in [4.69, 9.17) is 0 Å². The molecule has 2 rings (SSSR count). The minimum Gasteiger partial charge on any atom is -0.299 e. The van der Waals surface area contributed by atoms with Gasteiger partial charge in [-0.05, 0) is 36.1 Å². The van der Waals surface area contributed by atoms with Crippen molar-refractivity contribution in [3.63, 3.8) is 0 Å². The summed E-state index contributed by atoms with van der Waals surface area (Å²) in [6.07, 6.45) is 0.522. The van der Waals surface area contributed by atoms with E-state index >= 15 is 0 Å². The van der Waals surface area contributed by atoms with Crippen molar-refractivity contribution in [1.82, 2.24) is 0 Å². The van der Waals surface area contributed by atoms with Crippen LogP contribution >= 0.6 is 0 Å². The van der Waals surface area contributed by atoms with Crippen LogP contribution in [-0.4, -0.2) is 5.78 Å². The molecule has 0 radical (unpaired) electrons. The Kier molecular flexibility index (Phi) is 4.16. The van der Waals surface area contributed by atoms with Crippen molar-refractivity contribution in [1.29, 1.82) is 0 Å². The number of Topliss-reactive ketones (excluding diaryl/α,β-unsaturated/α-hetero) is 1. The topological polar surface area (TPSA) is 17.1 Å². The van der Waals surface area contributed by atoms with Crippen LogP contribution in [0.3, 0.4) is 0 Å². The number of benzene rings is 2. The van der Waals surface area contributed by atoms with Gasteiger partial charge in [0, 0.05) is 12.3 Å². The minimum absolute atomic E-state index is 0.0415. The van der Waals surface area contributed by atoms with E-state index in [0.717, 1.165) is 5.56 Å². The zero-order valence-corrected chi connectivity index (χ0v) is 11.8. The quantitative estimate of drug-likeness (QED) is 0.796. The summed E-state index contributed by atoms with van der Waals surface area (Å²) in [5.41, 5.74) is 4.68. The van der Waals surface area contributed by atoms with E-state index in [9.17, 15) is 4.79 Å². The lowest BCUT2D eigenvalue weighted by Gasteiger charge is -2.13. The Hall–Kier alpha value is -1.89. The first kappa shape index (κ1) is 13.5. The second kappa shape index (κ2) is 5.83. The molecule has 0 spiro atoms. The van der Waals surface area contributed by atoms with Crippen LogP contribution in [0.1, 0.15) is 35.1 Å². The SMILES string of the molecule is Cc1cccc(C)c1CC(=O)C(C)c1ccccc1. The standard InChI is InChI=1S/C18H20O/c1-13-8-7-9-14(2)17(13)12-18(19)15(3)16-10-5-4-6-11-16/h4-11,15H,12H2,1-3H3. The van der Waals surface area contributed by atoms with Crippen LogP contribution in [0.4, 0.5) is 0 Å². The van der Waals surface area contributed by atoms with Crippen molar-refractivity contribution in [3.8, 4) is 0 Å². The van der Waals surface area contributed by atoms with Gasteiger partial charge in [-0.3, -0.25) is 4.79 Å². The fourth-order valence-corrected chi connectivity index (χ4v) is 2.38. The van der Waals surface area contributed by atoms with E-state index < -0.39 is 0 Å². The minimum atomic E-state index is -0.0415. The lowest BCUT2D eigenvalue weighted by molar-refractivity contribution is -0.119. The third-order valence-electron chi connectivity index (χ3n) is 3.78. The second-order valence-corrected chi connectivity index (χ2v) is 5.15. The molecule has 0 bridgehead atoms. The number of ketones is 1. The average molecular weight is 252 g/mol. The molecule has 1 unspecified atom stereocenters. The molecule has 1 nitrogen and oxygen atoms in total. The number of aryl methyl sites for hydroxylation is 2. The number of rotatable bonds is 4. The van der Waals surface area contributed by atoms with Crippen molar-refractivity contribution in [2.75, 3.05) is 0 Å². The van der Waals surface area contributed by atoms with E-state index in [0.29, 0.717) is 6.42 Å². The van der Waals surface area contributed by atoms with E-state index in [-0.39, 0.29) is 11.7 Å². The molecular weight excluding hydrogens is 232 g/mol. The Morgan fingerprint density at radius 3 is 2.11 bits per heavy atom. The monoisotopic (exact) mass is 252 g/mol. The zero-order chi connectivity index (χ0) is 13.8. The van der Waals surface area contributed by atoms with Crippen molar-refractivity contribution in [2.45, 2.75) is 33.1 Å². The van der Waals surface area contributed by atoms with Crippen molar-refractivity contribution < 1.29 is 4.79 Å². The highest BCUT2D eigenvalue weighted by atomic mass is 16.1. The normalized spacial score (nSPS) is 12.2. The van der Waals surface area contributed by atoms with Gasteiger partial charge in [-0.15, -0.1) is 0 Å². The van der Waals surface area contributed by atoms with Gasteiger partial charge < -0.3 is 0 Å². The predicted molar refractivity (Wildman–Crippen MR) is 79.5 cm³/mol. The molecule has 0 N–H and O–H groups in total. The van der Waals surface area contributed by atoms with Crippen molar-refractivity contribution in [3.05, 3.63) is 70.8 Å². The summed E-state index contributed by atoms with van der Waals surface area (Å²) in [5.74, 6) is 0.240. The molecule has 0 aromatic heterocycles. The molecule has 0 saturated heterocycles. The number of carbonyl (C=O) groups excluding carboxylic acids is 1. The maximum Gasteiger partial charge on any atom is 0.144 e. The van der Waals surface area contributed by atoms with Crippen LogP contribution < -0.4 is 0 Å². The van der Waals surface area contributed by atoms with Gasteiger partial charge in [0.25, 0.3) is 0 Å². The molecule has 0 aliphatic carbocycles. The van der Waals surface area contributed by atoms with Crippen molar-refractivity contribution >= 4 is 5.78 Å². The van der Waals surface area contributed by atoms with Gasteiger partial charge in [-0.1, -0.05) is 55.5 Å². The molecule has 0 amide bonds. The summed E-state index contributed by atoms with van der Waals surface area (Å²) >= 11 is 0. The second-order valence-electron chi connectivity index (χ2n) is 5.15. The first-order valence-corrected chi connectivity index (χ1v) is 6.72. The highest BCUT2D eigenvalue weighted by molar-refractivity contribution is 5.87. The molecule has 2 aromatic rings. The fraction of sp³-hybridized carbons (Fsp3) is 0.278. The van der Waals surface area contributed by atoms with Gasteiger partial charge >= 0.3 is 0 Å². The van der Waals surface area contributed by atoms with Gasteiger partial charge in [-0.25, -0.2) is 0 Å². The third-order valence-corrected chi connectivity index (χ3v) is 3.78. The number of hydrogen-bond acceptors (Lipinski definition) is 1. The lowest BCUT2D eigenvalue weighted by atomic mass is 9.90. The Morgan fingerprint density at radius 2 is 1.53 bits per heavy atom. The van der Waals surface area contributed by atoms with Gasteiger partial charge in [0.15, 0.2) is 0 Å². The Morgan fingerprint density at radius 1 is 0.947 bits per heavy atom. The summed E-state index contributed by atoms with van der Waals surface area (Å²) in [7, 11) is 0. The molecule has 1 atom stereocenters. The number of hydrogen-bond donors (Lipinski definition) is 0. The zero-order valence-electron chi connectivity index (χ0n) is 11.8. The fourth-order valence-electron chi connectivity index (χ4n) is 2.38. The molecule has 0 aliphatic heterocycles. The van der Waals surface area contributed by atoms with Crippen LogP contribution in [-0.2, 0) is 11.2 Å². The van der Waals surface area contributed by atoms with Crippen molar-refractivity contribution in [2.24, 2.45) is 0 Å². The first-order valence-electron chi connectivity index (χ1n) is 6.72. The first-order chi connectivity index (χ1) is 9.09. The summed E-state index contributed by atoms with van der Waals surface area (Å²) in [6, 6.07) is 16.2. The Labute approximate surface area is 115 Å². The molecule has 19 heavy (non-hydrogen) atoms. The molecule has 0 saturated carbocycles. The van der Waals surface area contributed by atoms with Gasteiger partial charge in [0.05, 0.1) is 0 Å². The van der Waals surface area contributed by atoms with Crippen LogP contribution in [0.5, 0.6) is 0 Å². The maximum atomic E-state index is 12.4. The van der Waals surface area contributed by atoms with Gasteiger partial charge in [0.1, 0.15) is 5.78 Å². The van der Waals surface area contributed by atoms with E-state index in [1.54, 1.807) is 0 Å². The van der Waals surface area contributed by atoms with Gasteiger partial charge in [0.2, 0.25) is 0 Å². The van der Waals surface area contributed by atoms with Crippen LogP contribution in [0.2, 0.25) is 0 Å². The summed E-state index contributed by atoms with van der Waals surface area (Å²) in [4.78, 5) is 12.4.